The first-order valence-electron chi connectivity index (χ1n) is 7.36. The van der Waals surface area contributed by atoms with Crippen molar-refractivity contribution in [3.8, 4) is 0 Å². The van der Waals surface area contributed by atoms with Gasteiger partial charge in [0, 0.05) is 19.0 Å². The number of likely N-dealkylation sites (tertiary alicyclic amines) is 1. The van der Waals surface area contributed by atoms with Gasteiger partial charge < -0.3 is 10.0 Å². The molecule has 112 valence electrons. The Kier molecular flexibility index (Phi) is 3.63. The molecule has 0 saturated carbocycles. The van der Waals surface area contributed by atoms with Gasteiger partial charge in [0.2, 0.25) is 0 Å². The van der Waals surface area contributed by atoms with Gasteiger partial charge in [-0.05, 0) is 44.9 Å². The van der Waals surface area contributed by atoms with Crippen LogP contribution < -0.4 is 0 Å². The lowest BCUT2D eigenvalue weighted by molar-refractivity contribution is 0.0688. The molecule has 2 aromatic heterocycles. The summed E-state index contributed by atoms with van der Waals surface area (Å²) in [6.45, 7) is 6.56. The van der Waals surface area contributed by atoms with E-state index in [1.165, 1.54) is 0 Å². The number of aromatic carboxylic acids is 1. The maximum Gasteiger partial charge on any atom is 0.352 e. The molecule has 6 heteroatoms. The van der Waals surface area contributed by atoms with E-state index in [-0.39, 0.29) is 5.69 Å². The molecule has 0 aromatic carbocycles. The smallest absolute Gasteiger partial charge is 0.352 e. The number of hydrogen-bond acceptors (Lipinski definition) is 4. The zero-order chi connectivity index (χ0) is 15.0. The minimum absolute atomic E-state index is 0.228. The van der Waals surface area contributed by atoms with Crippen LogP contribution in [0.3, 0.4) is 0 Å². The molecule has 1 unspecified atom stereocenters. The van der Waals surface area contributed by atoms with Crippen molar-refractivity contribution in [2.45, 2.75) is 32.7 Å². The van der Waals surface area contributed by atoms with Crippen molar-refractivity contribution in [1.82, 2.24) is 19.5 Å². The first-order valence-corrected chi connectivity index (χ1v) is 7.36. The number of rotatable bonds is 4. The molecular formula is C15H20N4O2. The molecule has 21 heavy (non-hydrogen) atoms. The number of aromatic nitrogens is 3. The van der Waals surface area contributed by atoms with E-state index in [2.05, 4.69) is 28.9 Å². The van der Waals surface area contributed by atoms with Crippen LogP contribution >= 0.6 is 0 Å². The van der Waals surface area contributed by atoms with Gasteiger partial charge in [-0.2, -0.15) is 0 Å². The lowest BCUT2D eigenvalue weighted by atomic mass is 10.0. The van der Waals surface area contributed by atoms with Gasteiger partial charge in [-0.3, -0.25) is 4.40 Å². The molecule has 1 N–H and O–H groups in total. The Bertz CT molecular complexity index is 665. The van der Waals surface area contributed by atoms with Crippen LogP contribution in [0.1, 0.15) is 36.6 Å². The number of carboxylic acid groups (broad SMARTS) is 1. The van der Waals surface area contributed by atoms with Crippen molar-refractivity contribution in [3.63, 3.8) is 0 Å². The molecule has 0 aliphatic carbocycles. The Labute approximate surface area is 123 Å². The van der Waals surface area contributed by atoms with Crippen LogP contribution in [0, 0.1) is 5.92 Å². The standard InChI is InChI=1S/C15H20N4O2/c1-10(2)18-7-6-11(9-18)8-14-17-16-13-5-3-4-12(15(20)21)19(13)14/h3-5,10-11H,6-9H2,1-2H3,(H,20,21). The van der Waals surface area contributed by atoms with Crippen molar-refractivity contribution >= 4 is 11.6 Å². The van der Waals surface area contributed by atoms with Crippen LogP contribution in [-0.2, 0) is 6.42 Å². The zero-order valence-corrected chi connectivity index (χ0v) is 12.4. The predicted molar refractivity (Wildman–Crippen MR) is 78.5 cm³/mol. The molecule has 1 aliphatic heterocycles. The van der Waals surface area contributed by atoms with E-state index in [4.69, 9.17) is 0 Å². The average Bonchev–Trinajstić information content (AvgIpc) is 3.06. The molecule has 0 bridgehead atoms. The molecule has 2 aromatic rings. The van der Waals surface area contributed by atoms with Crippen molar-refractivity contribution in [2.24, 2.45) is 5.92 Å². The summed E-state index contributed by atoms with van der Waals surface area (Å²) in [6, 6.07) is 5.64. The average molecular weight is 288 g/mol. The second kappa shape index (κ2) is 5.44. The van der Waals surface area contributed by atoms with Gasteiger partial charge in [0.1, 0.15) is 11.5 Å². The summed E-state index contributed by atoms with van der Waals surface area (Å²) in [6.07, 6.45) is 1.90. The maximum atomic E-state index is 11.4. The van der Waals surface area contributed by atoms with Gasteiger partial charge in [-0.1, -0.05) is 6.07 Å². The van der Waals surface area contributed by atoms with Gasteiger partial charge in [-0.15, -0.1) is 10.2 Å². The summed E-state index contributed by atoms with van der Waals surface area (Å²) in [5, 5.41) is 17.6. The lowest BCUT2D eigenvalue weighted by Gasteiger charge is -2.20. The quantitative estimate of drug-likeness (QED) is 0.927. The SMILES string of the molecule is CC(C)N1CCC(Cc2nnc3cccc(C(=O)O)n23)C1. The van der Waals surface area contributed by atoms with Crippen LogP contribution in [0.25, 0.3) is 5.65 Å². The fourth-order valence-corrected chi connectivity index (χ4v) is 3.06. The van der Waals surface area contributed by atoms with E-state index in [1.807, 2.05) is 0 Å². The lowest BCUT2D eigenvalue weighted by Crippen LogP contribution is -2.28. The third-order valence-corrected chi connectivity index (χ3v) is 4.23. The summed E-state index contributed by atoms with van der Waals surface area (Å²) >= 11 is 0. The number of carboxylic acids is 1. The number of fused-ring (bicyclic) bond motifs is 1. The predicted octanol–water partition coefficient (Wildman–Crippen LogP) is 1.70. The van der Waals surface area contributed by atoms with Crippen LogP contribution in [0.5, 0.6) is 0 Å². The van der Waals surface area contributed by atoms with Crippen LogP contribution in [0.4, 0.5) is 0 Å². The fraction of sp³-hybridized carbons (Fsp3) is 0.533. The molecule has 1 fully saturated rings. The molecule has 3 rings (SSSR count). The van der Waals surface area contributed by atoms with Crippen LogP contribution in [-0.4, -0.2) is 49.7 Å². The second-order valence-electron chi connectivity index (χ2n) is 5.97. The van der Waals surface area contributed by atoms with Crippen molar-refractivity contribution < 1.29 is 9.90 Å². The van der Waals surface area contributed by atoms with E-state index >= 15 is 0 Å². The minimum atomic E-state index is -0.947. The highest BCUT2D eigenvalue weighted by molar-refractivity contribution is 5.86. The van der Waals surface area contributed by atoms with Gasteiger partial charge >= 0.3 is 5.97 Å². The Morgan fingerprint density at radius 1 is 1.43 bits per heavy atom. The van der Waals surface area contributed by atoms with Crippen LogP contribution in [0.15, 0.2) is 18.2 Å². The third kappa shape index (κ3) is 2.63. The fourth-order valence-electron chi connectivity index (χ4n) is 3.06. The molecule has 0 radical (unpaired) electrons. The number of hydrogen-bond donors (Lipinski definition) is 1. The van der Waals surface area contributed by atoms with E-state index < -0.39 is 5.97 Å². The molecule has 0 spiro atoms. The van der Waals surface area contributed by atoms with Gasteiger partial charge in [-0.25, -0.2) is 4.79 Å². The Balaban J connectivity index is 1.87. The van der Waals surface area contributed by atoms with Crippen LogP contribution in [0.2, 0.25) is 0 Å². The first-order chi connectivity index (χ1) is 10.1. The van der Waals surface area contributed by atoms with Gasteiger partial charge in [0.15, 0.2) is 5.65 Å². The highest BCUT2D eigenvalue weighted by Crippen LogP contribution is 2.22. The highest BCUT2D eigenvalue weighted by Gasteiger charge is 2.26. The molecule has 6 nitrogen and oxygen atoms in total. The summed E-state index contributed by atoms with van der Waals surface area (Å²) in [5.41, 5.74) is 0.829. The van der Waals surface area contributed by atoms with Crippen molar-refractivity contribution in [3.05, 3.63) is 29.7 Å². The Morgan fingerprint density at radius 3 is 2.90 bits per heavy atom. The molecular weight excluding hydrogens is 268 g/mol. The number of pyridine rings is 1. The molecule has 3 heterocycles. The van der Waals surface area contributed by atoms with Gasteiger partial charge in [0.05, 0.1) is 0 Å². The summed E-state index contributed by atoms with van der Waals surface area (Å²) in [4.78, 5) is 13.8. The molecule has 1 saturated heterocycles. The van der Waals surface area contributed by atoms with E-state index in [9.17, 15) is 9.90 Å². The monoisotopic (exact) mass is 288 g/mol. The van der Waals surface area contributed by atoms with Crippen molar-refractivity contribution in [1.29, 1.82) is 0 Å². The Morgan fingerprint density at radius 2 is 2.24 bits per heavy atom. The largest absolute Gasteiger partial charge is 0.477 e. The highest BCUT2D eigenvalue weighted by atomic mass is 16.4. The zero-order valence-electron chi connectivity index (χ0n) is 12.4. The first kappa shape index (κ1) is 14.0. The van der Waals surface area contributed by atoms with E-state index in [0.29, 0.717) is 17.6 Å². The summed E-state index contributed by atoms with van der Waals surface area (Å²) in [7, 11) is 0. The van der Waals surface area contributed by atoms with Crippen molar-refractivity contribution in [2.75, 3.05) is 13.1 Å². The molecule has 0 amide bonds. The summed E-state index contributed by atoms with van der Waals surface area (Å²) < 4.78 is 1.67. The Hall–Kier alpha value is -1.95. The number of carbonyl (C=O) groups is 1. The van der Waals surface area contributed by atoms with E-state index in [0.717, 1.165) is 31.8 Å². The minimum Gasteiger partial charge on any atom is -0.477 e. The summed E-state index contributed by atoms with van der Waals surface area (Å²) in [5.74, 6) is 0.317. The van der Waals surface area contributed by atoms with Gasteiger partial charge in [0.25, 0.3) is 0 Å². The normalized spacial score (nSPS) is 19.7. The number of nitrogens with zero attached hydrogens (tertiary/aromatic N) is 4. The molecule has 1 atom stereocenters. The third-order valence-electron chi connectivity index (χ3n) is 4.23. The topological polar surface area (TPSA) is 70.7 Å². The van der Waals surface area contributed by atoms with E-state index in [1.54, 1.807) is 22.6 Å². The maximum absolute atomic E-state index is 11.4. The second-order valence-corrected chi connectivity index (χ2v) is 5.97. The molecule has 1 aliphatic rings.